The number of nitro groups is 1. The van der Waals surface area contributed by atoms with Crippen molar-refractivity contribution in [3.8, 4) is 0 Å². The maximum absolute atomic E-state index is 13.0. The van der Waals surface area contributed by atoms with Gasteiger partial charge in [0.15, 0.2) is 0 Å². The molecular weight excluding hydrogens is 354 g/mol. The first-order valence-corrected chi connectivity index (χ1v) is 8.58. The standard InChI is InChI=1S/C15H14ClN3O4S/c1-4-12(19(20)21)9-15(10(2)16)24(22,23)18-11(3)17-13-7-5-6-8-14(13)18/h4-9H,2H2,1,3H3/b12-4+,15-9?. The molecule has 0 saturated carbocycles. The molecule has 126 valence electrons. The Kier molecular flexibility index (Phi) is 4.91. The summed E-state index contributed by atoms with van der Waals surface area (Å²) in [5.74, 6) is 0.211. The van der Waals surface area contributed by atoms with E-state index in [1.807, 2.05) is 0 Å². The molecule has 0 bridgehead atoms. The zero-order chi connectivity index (χ0) is 18.1. The van der Waals surface area contributed by atoms with Crippen molar-refractivity contribution in [3.05, 3.63) is 74.6 Å². The van der Waals surface area contributed by atoms with Gasteiger partial charge in [-0.1, -0.05) is 30.3 Å². The zero-order valence-electron chi connectivity index (χ0n) is 12.9. The van der Waals surface area contributed by atoms with Gasteiger partial charge in [-0.3, -0.25) is 10.1 Å². The van der Waals surface area contributed by atoms with E-state index in [4.69, 9.17) is 11.6 Å². The lowest BCUT2D eigenvalue weighted by molar-refractivity contribution is -0.419. The molecule has 0 amide bonds. The number of hydrogen-bond acceptors (Lipinski definition) is 5. The van der Waals surface area contributed by atoms with Gasteiger partial charge in [-0.25, -0.2) is 17.4 Å². The number of aryl methyl sites for hydroxylation is 1. The molecule has 0 spiro atoms. The molecule has 9 heteroatoms. The topological polar surface area (TPSA) is 95.1 Å². The number of halogens is 1. The third-order valence-corrected chi connectivity index (χ3v) is 5.43. The first-order chi connectivity index (χ1) is 11.2. The molecule has 0 aliphatic heterocycles. The van der Waals surface area contributed by atoms with Gasteiger partial charge < -0.3 is 0 Å². The summed E-state index contributed by atoms with van der Waals surface area (Å²) in [4.78, 5) is 14.0. The van der Waals surface area contributed by atoms with Gasteiger partial charge in [-0.05, 0) is 32.1 Å². The van der Waals surface area contributed by atoms with E-state index in [1.54, 1.807) is 24.3 Å². The molecule has 0 saturated heterocycles. The number of hydrogen-bond donors (Lipinski definition) is 0. The van der Waals surface area contributed by atoms with Crippen molar-refractivity contribution >= 4 is 32.7 Å². The number of benzene rings is 1. The molecule has 0 aliphatic carbocycles. The number of para-hydroxylation sites is 2. The van der Waals surface area contributed by atoms with E-state index in [1.165, 1.54) is 19.9 Å². The molecule has 2 rings (SSSR count). The number of aromatic nitrogens is 2. The van der Waals surface area contributed by atoms with E-state index in [-0.39, 0.29) is 10.9 Å². The molecule has 0 radical (unpaired) electrons. The fraction of sp³-hybridized carbons (Fsp3) is 0.133. The minimum absolute atomic E-state index is 0.211. The van der Waals surface area contributed by atoms with Crippen molar-refractivity contribution in [1.29, 1.82) is 0 Å². The second-order valence-corrected chi connectivity index (χ2v) is 7.01. The summed E-state index contributed by atoms with van der Waals surface area (Å²) in [7, 11) is -4.21. The highest BCUT2D eigenvalue weighted by molar-refractivity contribution is 7.94. The fourth-order valence-corrected chi connectivity index (χ4v) is 4.09. The molecule has 24 heavy (non-hydrogen) atoms. The van der Waals surface area contributed by atoms with Crippen LogP contribution in [-0.4, -0.2) is 22.3 Å². The number of allylic oxidation sites excluding steroid dienone is 3. The summed E-state index contributed by atoms with van der Waals surface area (Å²) in [5.41, 5.74) is 0.429. The van der Waals surface area contributed by atoms with Gasteiger partial charge in [0, 0.05) is 6.08 Å². The van der Waals surface area contributed by atoms with Crippen molar-refractivity contribution < 1.29 is 13.3 Å². The van der Waals surface area contributed by atoms with Crippen LogP contribution < -0.4 is 0 Å². The Balaban J connectivity index is 2.78. The van der Waals surface area contributed by atoms with Gasteiger partial charge in [0.1, 0.15) is 10.7 Å². The first-order valence-electron chi connectivity index (χ1n) is 6.77. The Hall–Kier alpha value is -2.45. The van der Waals surface area contributed by atoms with E-state index in [0.717, 1.165) is 10.0 Å². The predicted molar refractivity (Wildman–Crippen MR) is 92.6 cm³/mol. The summed E-state index contributed by atoms with van der Waals surface area (Å²) in [6.45, 7) is 6.37. The summed E-state index contributed by atoms with van der Waals surface area (Å²) < 4.78 is 27.0. The Morgan fingerprint density at radius 2 is 2.04 bits per heavy atom. The van der Waals surface area contributed by atoms with Crippen LogP contribution in [0.25, 0.3) is 11.0 Å². The van der Waals surface area contributed by atoms with Crippen LogP contribution >= 0.6 is 11.6 Å². The smallest absolute Gasteiger partial charge is 0.258 e. The van der Waals surface area contributed by atoms with E-state index in [9.17, 15) is 18.5 Å². The Morgan fingerprint density at radius 1 is 1.42 bits per heavy atom. The molecule has 2 aromatic rings. The minimum Gasteiger partial charge on any atom is -0.258 e. The maximum atomic E-state index is 13.0. The van der Waals surface area contributed by atoms with Crippen molar-refractivity contribution in [2.24, 2.45) is 0 Å². The van der Waals surface area contributed by atoms with Gasteiger partial charge in [0.05, 0.1) is 21.0 Å². The van der Waals surface area contributed by atoms with Gasteiger partial charge in [-0.15, -0.1) is 0 Å². The van der Waals surface area contributed by atoms with Crippen LogP contribution in [0.2, 0.25) is 0 Å². The summed E-state index contributed by atoms with van der Waals surface area (Å²) in [6, 6.07) is 6.66. The van der Waals surface area contributed by atoms with E-state index in [0.29, 0.717) is 11.0 Å². The van der Waals surface area contributed by atoms with Gasteiger partial charge in [-0.2, -0.15) is 0 Å². The average molecular weight is 368 g/mol. The van der Waals surface area contributed by atoms with Crippen LogP contribution in [0.5, 0.6) is 0 Å². The summed E-state index contributed by atoms with van der Waals surface area (Å²) in [5, 5.41) is 10.7. The van der Waals surface area contributed by atoms with Crippen LogP contribution in [0.3, 0.4) is 0 Å². The normalized spacial score (nSPS) is 13.3. The van der Waals surface area contributed by atoms with Crippen molar-refractivity contribution in [2.45, 2.75) is 13.8 Å². The molecule has 0 aliphatic rings. The largest absolute Gasteiger partial charge is 0.271 e. The van der Waals surface area contributed by atoms with Gasteiger partial charge in [0.25, 0.3) is 15.7 Å². The summed E-state index contributed by atoms with van der Waals surface area (Å²) >= 11 is 5.83. The quantitative estimate of drug-likeness (QED) is 0.459. The highest BCUT2D eigenvalue weighted by Crippen LogP contribution is 2.28. The molecule has 0 N–H and O–H groups in total. The predicted octanol–water partition coefficient (Wildman–Crippen LogP) is 3.34. The second-order valence-electron chi connectivity index (χ2n) is 4.80. The lowest BCUT2D eigenvalue weighted by Gasteiger charge is -2.11. The molecule has 0 atom stereocenters. The Morgan fingerprint density at radius 3 is 2.58 bits per heavy atom. The fourth-order valence-electron chi connectivity index (χ4n) is 2.19. The van der Waals surface area contributed by atoms with Gasteiger partial charge >= 0.3 is 0 Å². The van der Waals surface area contributed by atoms with E-state index in [2.05, 4.69) is 11.6 Å². The minimum atomic E-state index is -4.21. The molecule has 1 aromatic heterocycles. The van der Waals surface area contributed by atoms with Crippen molar-refractivity contribution in [2.75, 3.05) is 0 Å². The molecule has 0 fully saturated rings. The third-order valence-electron chi connectivity index (χ3n) is 3.25. The average Bonchev–Trinajstić information content (AvgIpc) is 2.83. The Labute approximate surface area is 143 Å². The van der Waals surface area contributed by atoms with Crippen LogP contribution in [0.15, 0.2) is 58.6 Å². The third kappa shape index (κ3) is 3.10. The van der Waals surface area contributed by atoms with Gasteiger partial charge in [0.2, 0.25) is 0 Å². The Bertz CT molecular complexity index is 1000. The number of fused-ring (bicyclic) bond motifs is 1. The maximum Gasteiger partial charge on any atom is 0.271 e. The number of rotatable bonds is 5. The molecule has 1 heterocycles. The first kappa shape index (κ1) is 17.9. The number of nitrogens with zero attached hydrogens (tertiary/aromatic N) is 3. The van der Waals surface area contributed by atoms with Crippen LogP contribution in [-0.2, 0) is 10.0 Å². The van der Waals surface area contributed by atoms with E-state index < -0.39 is 25.5 Å². The zero-order valence-corrected chi connectivity index (χ0v) is 14.5. The molecule has 7 nitrogen and oxygen atoms in total. The van der Waals surface area contributed by atoms with Crippen LogP contribution in [0, 0.1) is 17.0 Å². The lowest BCUT2D eigenvalue weighted by Crippen LogP contribution is -2.17. The lowest BCUT2D eigenvalue weighted by atomic mass is 10.3. The second kappa shape index (κ2) is 6.58. The van der Waals surface area contributed by atoms with Crippen molar-refractivity contribution in [1.82, 2.24) is 8.96 Å². The van der Waals surface area contributed by atoms with Crippen LogP contribution in [0.1, 0.15) is 12.7 Å². The highest BCUT2D eigenvalue weighted by atomic mass is 35.5. The van der Waals surface area contributed by atoms with Crippen molar-refractivity contribution in [3.63, 3.8) is 0 Å². The monoisotopic (exact) mass is 367 g/mol. The van der Waals surface area contributed by atoms with Crippen LogP contribution in [0.4, 0.5) is 0 Å². The van der Waals surface area contributed by atoms with E-state index >= 15 is 0 Å². The SMILES string of the molecule is C=C(Cl)C(=C/C(=C\C)[N+](=O)[O-])S(=O)(=O)n1c(C)nc2ccccc21. The molecule has 1 aromatic carbocycles. The molecule has 0 unspecified atom stereocenters. The number of imidazole rings is 1. The molecular formula is C15H14ClN3O4S. The summed E-state index contributed by atoms with van der Waals surface area (Å²) in [6.07, 6.45) is 2.06. The highest BCUT2D eigenvalue weighted by Gasteiger charge is 2.28.